The van der Waals surface area contributed by atoms with E-state index in [1.54, 1.807) is 0 Å². The van der Waals surface area contributed by atoms with Gasteiger partial charge in [0.15, 0.2) is 0 Å². The van der Waals surface area contributed by atoms with E-state index in [-0.39, 0.29) is 10.8 Å². The molecule has 0 atom stereocenters. The molecule has 5 nitrogen and oxygen atoms in total. The van der Waals surface area contributed by atoms with Crippen molar-refractivity contribution in [1.82, 2.24) is 9.55 Å². The number of benzene rings is 7. The fourth-order valence-electron chi connectivity index (χ4n) is 9.10. The molecule has 0 spiro atoms. The molecule has 1 aliphatic heterocycles. The highest BCUT2D eigenvalue weighted by atomic mass is 16.5. The van der Waals surface area contributed by atoms with Crippen LogP contribution in [-0.2, 0) is 10.8 Å². The Hall–Kier alpha value is -7.11. The van der Waals surface area contributed by atoms with E-state index >= 15 is 0 Å². The van der Waals surface area contributed by atoms with E-state index < -0.39 is 0 Å². The Bertz CT molecular complexity index is 3070. The molecular weight excluding hydrogens is 745 g/mol. The standard InChI is InChI=1S/C56H50N4O/c1-38-31-52-53(32-39(38)2)59(37-58(52)44-22-15-21-42(33-44)55(3,4)40-17-9-7-10-18-40)45-23-16-24-46(35-45)61-47-27-28-49-48-25-13-14-26-50(48)60(51(49)36-47)54-34-43(29-30-57-54)56(5,6)41-19-11-8-12-20-41/h7-36H,37H2,1-6H3. The first-order chi connectivity index (χ1) is 29.6. The highest BCUT2D eigenvalue weighted by molar-refractivity contribution is 6.09. The Morgan fingerprint density at radius 3 is 1.67 bits per heavy atom. The Balaban J connectivity index is 0.993. The Morgan fingerprint density at radius 2 is 1.00 bits per heavy atom. The highest BCUT2D eigenvalue weighted by Crippen LogP contribution is 2.47. The van der Waals surface area contributed by atoms with Crippen LogP contribution >= 0.6 is 0 Å². The second-order valence-electron chi connectivity index (χ2n) is 17.5. The van der Waals surface area contributed by atoms with E-state index in [9.17, 15) is 0 Å². The lowest BCUT2D eigenvalue weighted by Crippen LogP contribution is -2.25. The molecule has 9 aromatic rings. The number of anilines is 4. The van der Waals surface area contributed by atoms with Crippen molar-refractivity contribution in [2.24, 2.45) is 0 Å². The van der Waals surface area contributed by atoms with Crippen LogP contribution < -0.4 is 14.5 Å². The maximum Gasteiger partial charge on any atom is 0.137 e. The summed E-state index contributed by atoms with van der Waals surface area (Å²) in [5.41, 5.74) is 14.0. The zero-order valence-electron chi connectivity index (χ0n) is 35.7. The Morgan fingerprint density at radius 1 is 0.459 bits per heavy atom. The zero-order chi connectivity index (χ0) is 41.9. The molecule has 0 fully saturated rings. The SMILES string of the molecule is Cc1cc2c(cc1C)N(c1cccc(C(C)(C)c3ccccc3)c1)CN2c1cccc(Oc2ccc3c4ccccc4n(-c4cc(C(C)(C)c5ccccc5)ccn4)c3c2)c1. The number of aromatic nitrogens is 2. The number of pyridine rings is 1. The first-order valence-corrected chi connectivity index (χ1v) is 21.2. The summed E-state index contributed by atoms with van der Waals surface area (Å²) in [5, 5.41) is 2.33. The van der Waals surface area contributed by atoms with Gasteiger partial charge in [0.2, 0.25) is 0 Å². The normalized spacial score (nSPS) is 13.0. The predicted molar refractivity (Wildman–Crippen MR) is 254 cm³/mol. The van der Waals surface area contributed by atoms with Crippen LogP contribution in [0.1, 0.15) is 61.1 Å². The van der Waals surface area contributed by atoms with Gasteiger partial charge < -0.3 is 14.5 Å². The highest BCUT2D eigenvalue weighted by Gasteiger charge is 2.31. The third kappa shape index (κ3) is 6.71. The van der Waals surface area contributed by atoms with Gasteiger partial charge in [-0.15, -0.1) is 0 Å². The summed E-state index contributed by atoms with van der Waals surface area (Å²) in [7, 11) is 0. The molecule has 300 valence electrons. The number of hydrogen-bond acceptors (Lipinski definition) is 4. The number of nitrogens with zero attached hydrogens (tertiary/aromatic N) is 4. The molecule has 5 heteroatoms. The van der Waals surface area contributed by atoms with Gasteiger partial charge in [-0.25, -0.2) is 4.98 Å². The van der Waals surface area contributed by atoms with E-state index in [1.165, 1.54) is 55.8 Å². The molecule has 0 bridgehead atoms. The van der Waals surface area contributed by atoms with E-state index in [2.05, 4.69) is 226 Å². The van der Waals surface area contributed by atoms with Gasteiger partial charge in [-0.2, -0.15) is 0 Å². The van der Waals surface area contributed by atoms with Gasteiger partial charge in [0.1, 0.15) is 24.0 Å². The van der Waals surface area contributed by atoms with Crippen molar-refractivity contribution < 1.29 is 4.74 Å². The number of aryl methyl sites for hydroxylation is 2. The number of hydrogen-bond donors (Lipinski definition) is 0. The average molecular weight is 795 g/mol. The van der Waals surface area contributed by atoms with Gasteiger partial charge in [-0.1, -0.05) is 125 Å². The lowest BCUT2D eigenvalue weighted by molar-refractivity contribution is 0.483. The second kappa shape index (κ2) is 14.9. The summed E-state index contributed by atoms with van der Waals surface area (Å²) in [5.74, 6) is 2.42. The molecule has 2 aromatic heterocycles. The molecule has 0 N–H and O–H groups in total. The fourth-order valence-corrected chi connectivity index (χ4v) is 9.10. The quantitative estimate of drug-likeness (QED) is 0.146. The van der Waals surface area contributed by atoms with Crippen LogP contribution in [0, 0.1) is 13.8 Å². The Labute approximate surface area is 359 Å². The van der Waals surface area contributed by atoms with Crippen molar-refractivity contribution in [2.75, 3.05) is 16.5 Å². The average Bonchev–Trinajstić information content (AvgIpc) is 3.82. The molecular formula is C56H50N4O. The van der Waals surface area contributed by atoms with Gasteiger partial charge in [-0.3, -0.25) is 4.57 Å². The van der Waals surface area contributed by atoms with E-state index in [4.69, 9.17) is 9.72 Å². The minimum absolute atomic E-state index is 0.147. The van der Waals surface area contributed by atoms with Crippen molar-refractivity contribution in [2.45, 2.75) is 52.4 Å². The van der Waals surface area contributed by atoms with Crippen LogP contribution in [0.15, 0.2) is 182 Å². The molecule has 0 saturated heterocycles. The summed E-state index contributed by atoms with van der Waals surface area (Å²) in [6.07, 6.45) is 1.93. The van der Waals surface area contributed by atoms with Gasteiger partial charge >= 0.3 is 0 Å². The molecule has 0 amide bonds. The first-order valence-electron chi connectivity index (χ1n) is 21.2. The van der Waals surface area contributed by atoms with Crippen LogP contribution in [-0.4, -0.2) is 16.2 Å². The number of ether oxygens (including phenoxy) is 1. The van der Waals surface area contributed by atoms with Crippen LogP contribution in [0.2, 0.25) is 0 Å². The zero-order valence-corrected chi connectivity index (χ0v) is 35.7. The third-order valence-electron chi connectivity index (χ3n) is 13.0. The fraction of sp³-hybridized carbons (Fsp3) is 0.161. The molecule has 3 heterocycles. The van der Waals surface area contributed by atoms with E-state index in [0.717, 1.165) is 39.4 Å². The van der Waals surface area contributed by atoms with E-state index in [1.807, 2.05) is 12.3 Å². The van der Waals surface area contributed by atoms with Crippen molar-refractivity contribution >= 4 is 44.6 Å². The molecule has 0 aliphatic carbocycles. The lowest BCUT2D eigenvalue weighted by Gasteiger charge is -2.28. The summed E-state index contributed by atoms with van der Waals surface area (Å²) < 4.78 is 9.05. The molecule has 1 aliphatic rings. The lowest BCUT2D eigenvalue weighted by atomic mass is 9.78. The molecule has 61 heavy (non-hydrogen) atoms. The second-order valence-corrected chi connectivity index (χ2v) is 17.5. The van der Waals surface area contributed by atoms with Crippen LogP contribution in [0.3, 0.4) is 0 Å². The summed E-state index contributed by atoms with van der Waals surface area (Å²) in [4.78, 5) is 9.80. The van der Waals surface area contributed by atoms with Crippen molar-refractivity contribution in [3.63, 3.8) is 0 Å². The van der Waals surface area contributed by atoms with Gasteiger partial charge in [0, 0.05) is 51.3 Å². The van der Waals surface area contributed by atoms with Crippen molar-refractivity contribution in [3.05, 3.63) is 216 Å². The Kier molecular flexibility index (Phi) is 9.29. The van der Waals surface area contributed by atoms with Gasteiger partial charge in [-0.05, 0) is 114 Å². The monoisotopic (exact) mass is 794 g/mol. The van der Waals surface area contributed by atoms with E-state index in [0.29, 0.717) is 6.67 Å². The third-order valence-corrected chi connectivity index (χ3v) is 13.0. The maximum atomic E-state index is 6.77. The van der Waals surface area contributed by atoms with Crippen LogP contribution in [0.4, 0.5) is 22.7 Å². The molecule has 0 radical (unpaired) electrons. The first kappa shape index (κ1) is 38.1. The number of fused-ring (bicyclic) bond motifs is 4. The van der Waals surface area contributed by atoms with Gasteiger partial charge in [0.25, 0.3) is 0 Å². The molecule has 0 unspecified atom stereocenters. The van der Waals surface area contributed by atoms with Crippen molar-refractivity contribution in [3.8, 4) is 17.3 Å². The number of para-hydroxylation sites is 1. The summed E-state index contributed by atoms with van der Waals surface area (Å²) in [6, 6.07) is 63.0. The predicted octanol–water partition coefficient (Wildman–Crippen LogP) is 14.5. The topological polar surface area (TPSA) is 33.5 Å². The minimum atomic E-state index is -0.204. The van der Waals surface area contributed by atoms with Crippen LogP contribution in [0.25, 0.3) is 27.6 Å². The maximum absolute atomic E-state index is 6.77. The van der Waals surface area contributed by atoms with Gasteiger partial charge in [0.05, 0.1) is 22.4 Å². The molecule has 0 saturated carbocycles. The molecule has 10 rings (SSSR count). The largest absolute Gasteiger partial charge is 0.457 e. The summed E-state index contributed by atoms with van der Waals surface area (Å²) >= 11 is 0. The smallest absolute Gasteiger partial charge is 0.137 e. The van der Waals surface area contributed by atoms with Crippen molar-refractivity contribution in [1.29, 1.82) is 0 Å². The molecule has 7 aromatic carbocycles. The minimum Gasteiger partial charge on any atom is -0.457 e. The summed E-state index contributed by atoms with van der Waals surface area (Å²) in [6.45, 7) is 14.3. The number of rotatable bonds is 9. The van der Waals surface area contributed by atoms with Crippen LogP contribution in [0.5, 0.6) is 11.5 Å².